The maximum absolute atomic E-state index is 12.4. The van der Waals surface area contributed by atoms with E-state index in [1.54, 1.807) is 44.6 Å². The molecule has 1 heterocycles. The second-order valence-corrected chi connectivity index (χ2v) is 5.83. The lowest BCUT2D eigenvalue weighted by atomic mass is 10.1. The molecular formula is C19H17ClN2O3. The quantitative estimate of drug-likeness (QED) is 0.706. The molecule has 25 heavy (non-hydrogen) atoms. The first-order chi connectivity index (χ1) is 12.1. The summed E-state index contributed by atoms with van der Waals surface area (Å²) < 4.78 is 10.5. The minimum absolute atomic E-state index is 0.168. The molecule has 3 rings (SSSR count). The van der Waals surface area contributed by atoms with E-state index in [1.165, 1.54) is 0 Å². The molecule has 0 aliphatic heterocycles. The van der Waals surface area contributed by atoms with E-state index in [0.717, 1.165) is 16.5 Å². The molecule has 0 fully saturated rings. The zero-order chi connectivity index (χ0) is 17.8. The Kier molecular flexibility index (Phi) is 5.05. The predicted octanol–water partition coefficient (Wildman–Crippen LogP) is 3.84. The molecule has 6 heteroatoms. The van der Waals surface area contributed by atoms with Crippen LogP contribution >= 0.6 is 11.6 Å². The van der Waals surface area contributed by atoms with Crippen molar-refractivity contribution in [1.82, 2.24) is 10.3 Å². The van der Waals surface area contributed by atoms with Crippen molar-refractivity contribution >= 4 is 28.4 Å². The molecule has 5 nitrogen and oxygen atoms in total. The number of ether oxygens (including phenoxy) is 2. The normalized spacial score (nSPS) is 10.5. The van der Waals surface area contributed by atoms with Gasteiger partial charge in [0.15, 0.2) is 0 Å². The van der Waals surface area contributed by atoms with E-state index in [-0.39, 0.29) is 5.91 Å². The van der Waals surface area contributed by atoms with Gasteiger partial charge in [-0.2, -0.15) is 0 Å². The Morgan fingerprint density at radius 1 is 1.04 bits per heavy atom. The third-order valence-electron chi connectivity index (χ3n) is 3.78. The van der Waals surface area contributed by atoms with Crippen molar-refractivity contribution < 1.29 is 14.3 Å². The van der Waals surface area contributed by atoms with Crippen molar-refractivity contribution in [3.05, 3.63) is 64.8 Å². The van der Waals surface area contributed by atoms with Crippen LogP contribution in [0.5, 0.6) is 11.5 Å². The van der Waals surface area contributed by atoms with E-state index < -0.39 is 0 Å². The largest absolute Gasteiger partial charge is 0.497 e. The van der Waals surface area contributed by atoms with Crippen LogP contribution < -0.4 is 14.8 Å². The van der Waals surface area contributed by atoms with E-state index in [4.69, 9.17) is 21.1 Å². The van der Waals surface area contributed by atoms with Gasteiger partial charge in [-0.3, -0.25) is 4.79 Å². The number of nitrogens with zero attached hydrogens (tertiary/aromatic N) is 1. The molecule has 3 aromatic rings. The van der Waals surface area contributed by atoms with E-state index in [9.17, 15) is 4.79 Å². The number of fused-ring (bicyclic) bond motifs is 1. The first-order valence-corrected chi connectivity index (χ1v) is 8.03. The SMILES string of the molecule is COc1cc(CNC(=O)c2ccc3nc(Cl)ccc3c2)cc(OC)c1. The van der Waals surface area contributed by atoms with Gasteiger partial charge >= 0.3 is 0 Å². The number of nitrogens with one attached hydrogen (secondary N) is 1. The third-order valence-corrected chi connectivity index (χ3v) is 3.99. The monoisotopic (exact) mass is 356 g/mol. The number of halogens is 1. The lowest BCUT2D eigenvalue weighted by molar-refractivity contribution is 0.0951. The summed E-state index contributed by atoms with van der Waals surface area (Å²) in [5.41, 5.74) is 2.20. The zero-order valence-corrected chi connectivity index (χ0v) is 14.6. The van der Waals surface area contributed by atoms with Gasteiger partial charge in [0.05, 0.1) is 19.7 Å². The fraction of sp³-hybridized carbons (Fsp3) is 0.158. The highest BCUT2D eigenvalue weighted by atomic mass is 35.5. The van der Waals surface area contributed by atoms with Crippen LogP contribution in [0.1, 0.15) is 15.9 Å². The molecule has 0 atom stereocenters. The first kappa shape index (κ1) is 17.0. The highest BCUT2D eigenvalue weighted by Crippen LogP contribution is 2.22. The minimum atomic E-state index is -0.168. The van der Waals surface area contributed by atoms with Crippen molar-refractivity contribution in [3.63, 3.8) is 0 Å². The van der Waals surface area contributed by atoms with Gasteiger partial charge in [-0.15, -0.1) is 0 Å². The van der Waals surface area contributed by atoms with Crippen molar-refractivity contribution in [2.45, 2.75) is 6.54 Å². The van der Waals surface area contributed by atoms with Crippen LogP contribution in [-0.2, 0) is 6.54 Å². The van der Waals surface area contributed by atoms with Crippen LogP contribution in [-0.4, -0.2) is 25.1 Å². The number of aromatic nitrogens is 1. The van der Waals surface area contributed by atoms with Crippen LogP contribution in [0.15, 0.2) is 48.5 Å². The Bertz CT molecular complexity index is 905. The van der Waals surface area contributed by atoms with Crippen LogP contribution in [0.25, 0.3) is 10.9 Å². The number of hydrogen-bond donors (Lipinski definition) is 1. The van der Waals surface area contributed by atoms with Crippen LogP contribution in [0, 0.1) is 0 Å². The van der Waals surface area contributed by atoms with Gasteiger partial charge in [-0.05, 0) is 48.0 Å². The summed E-state index contributed by atoms with van der Waals surface area (Å²) in [6.45, 7) is 0.364. The van der Waals surface area contributed by atoms with Crippen molar-refractivity contribution in [3.8, 4) is 11.5 Å². The van der Waals surface area contributed by atoms with Gasteiger partial charge in [0.1, 0.15) is 16.7 Å². The number of methoxy groups -OCH3 is 2. The van der Waals surface area contributed by atoms with E-state index in [1.807, 2.05) is 18.2 Å². The number of benzene rings is 2. The van der Waals surface area contributed by atoms with Crippen molar-refractivity contribution in [2.24, 2.45) is 0 Å². The molecule has 0 unspecified atom stereocenters. The van der Waals surface area contributed by atoms with Crippen LogP contribution in [0.3, 0.4) is 0 Å². The maximum Gasteiger partial charge on any atom is 0.251 e. The molecule has 0 aliphatic carbocycles. The van der Waals surface area contributed by atoms with Crippen molar-refractivity contribution in [1.29, 1.82) is 0 Å². The number of rotatable bonds is 5. The van der Waals surface area contributed by atoms with Gasteiger partial charge in [-0.1, -0.05) is 11.6 Å². The standard InChI is InChI=1S/C19H17ClN2O3/c1-24-15-7-12(8-16(10-15)25-2)11-21-19(23)14-3-5-17-13(9-14)4-6-18(20)22-17/h3-10H,11H2,1-2H3,(H,21,23). The minimum Gasteiger partial charge on any atom is -0.497 e. The topological polar surface area (TPSA) is 60.5 Å². The molecule has 128 valence electrons. The molecule has 0 radical (unpaired) electrons. The van der Waals surface area contributed by atoms with Crippen LogP contribution in [0.4, 0.5) is 0 Å². The lowest BCUT2D eigenvalue weighted by Gasteiger charge is -2.10. The summed E-state index contributed by atoms with van der Waals surface area (Å²) in [6, 6.07) is 14.3. The highest BCUT2D eigenvalue weighted by Gasteiger charge is 2.08. The summed E-state index contributed by atoms with van der Waals surface area (Å²) in [4.78, 5) is 16.6. The Morgan fingerprint density at radius 3 is 2.44 bits per heavy atom. The molecule has 1 N–H and O–H groups in total. The summed E-state index contributed by atoms with van der Waals surface area (Å²) in [7, 11) is 3.18. The first-order valence-electron chi connectivity index (χ1n) is 7.65. The summed E-state index contributed by atoms with van der Waals surface area (Å²) in [6.07, 6.45) is 0. The number of carbonyl (C=O) groups excluding carboxylic acids is 1. The Morgan fingerprint density at radius 2 is 1.76 bits per heavy atom. The van der Waals surface area contributed by atoms with Gasteiger partial charge in [0.25, 0.3) is 5.91 Å². The Hall–Kier alpha value is -2.79. The summed E-state index contributed by atoms with van der Waals surface area (Å²) in [5.74, 6) is 1.19. The van der Waals surface area contributed by atoms with E-state index in [2.05, 4.69) is 10.3 Å². The highest BCUT2D eigenvalue weighted by molar-refractivity contribution is 6.29. The fourth-order valence-corrected chi connectivity index (χ4v) is 2.65. The third kappa shape index (κ3) is 4.00. The molecule has 0 bridgehead atoms. The molecule has 0 saturated carbocycles. The Balaban J connectivity index is 1.75. The average molecular weight is 357 g/mol. The second-order valence-electron chi connectivity index (χ2n) is 5.45. The fourth-order valence-electron chi connectivity index (χ4n) is 2.49. The molecule has 2 aromatic carbocycles. The molecule has 0 spiro atoms. The smallest absolute Gasteiger partial charge is 0.251 e. The zero-order valence-electron chi connectivity index (χ0n) is 13.9. The lowest BCUT2D eigenvalue weighted by Crippen LogP contribution is -2.22. The Labute approximate surface area is 150 Å². The number of hydrogen-bond acceptors (Lipinski definition) is 4. The van der Waals surface area contributed by atoms with Gasteiger partial charge in [0, 0.05) is 23.6 Å². The van der Waals surface area contributed by atoms with Gasteiger partial charge < -0.3 is 14.8 Å². The number of pyridine rings is 1. The summed E-state index contributed by atoms with van der Waals surface area (Å²) in [5, 5.41) is 4.19. The van der Waals surface area contributed by atoms with Gasteiger partial charge in [-0.25, -0.2) is 4.98 Å². The molecule has 0 aliphatic rings. The van der Waals surface area contributed by atoms with Gasteiger partial charge in [0.2, 0.25) is 0 Å². The molecule has 0 saturated heterocycles. The summed E-state index contributed by atoms with van der Waals surface area (Å²) >= 11 is 5.88. The maximum atomic E-state index is 12.4. The second kappa shape index (κ2) is 7.40. The molecule has 1 aromatic heterocycles. The molecule has 1 amide bonds. The average Bonchev–Trinajstić information content (AvgIpc) is 2.65. The number of carbonyl (C=O) groups is 1. The van der Waals surface area contributed by atoms with Crippen LogP contribution in [0.2, 0.25) is 5.15 Å². The van der Waals surface area contributed by atoms with E-state index >= 15 is 0 Å². The number of amides is 1. The van der Waals surface area contributed by atoms with E-state index in [0.29, 0.717) is 28.8 Å². The predicted molar refractivity (Wildman–Crippen MR) is 97.5 cm³/mol. The molecular weight excluding hydrogens is 340 g/mol. The van der Waals surface area contributed by atoms with Crippen molar-refractivity contribution in [2.75, 3.05) is 14.2 Å².